The highest BCUT2D eigenvalue weighted by Gasteiger charge is 2.42. The summed E-state index contributed by atoms with van der Waals surface area (Å²) in [6.45, 7) is 2.11. The molecule has 1 aromatic heterocycles. The van der Waals surface area contributed by atoms with E-state index in [0.717, 1.165) is 16.7 Å². The first-order valence-corrected chi connectivity index (χ1v) is 9.33. The second-order valence-corrected chi connectivity index (χ2v) is 7.56. The van der Waals surface area contributed by atoms with E-state index >= 15 is 0 Å². The molecule has 1 heterocycles. The Morgan fingerprint density at radius 1 is 1.23 bits per heavy atom. The summed E-state index contributed by atoms with van der Waals surface area (Å²) < 4.78 is 13.3. The van der Waals surface area contributed by atoms with Crippen LogP contribution in [0.5, 0.6) is 0 Å². The smallest absolute Gasteiger partial charge is 0.251 e. The Bertz CT molecular complexity index is 831. The van der Waals surface area contributed by atoms with Crippen LogP contribution in [-0.4, -0.2) is 16.9 Å². The van der Waals surface area contributed by atoms with Gasteiger partial charge in [-0.15, -0.1) is 0 Å². The summed E-state index contributed by atoms with van der Waals surface area (Å²) in [5, 5.41) is 3.26. The lowest BCUT2D eigenvalue weighted by atomic mass is 9.98. The van der Waals surface area contributed by atoms with Crippen molar-refractivity contribution in [3.8, 4) is 11.1 Å². The quantitative estimate of drug-likeness (QED) is 0.780. The van der Waals surface area contributed by atoms with Crippen LogP contribution in [0.1, 0.15) is 47.3 Å². The molecule has 136 valence electrons. The predicted molar refractivity (Wildman–Crippen MR) is 99.0 cm³/mol. The van der Waals surface area contributed by atoms with Crippen LogP contribution in [0.3, 0.4) is 0 Å². The third kappa shape index (κ3) is 3.63. The molecule has 5 heteroatoms. The number of hydrogen-bond donors (Lipinski definition) is 2. The minimum atomic E-state index is -0.504. The van der Waals surface area contributed by atoms with Crippen molar-refractivity contribution in [2.45, 2.75) is 45.2 Å². The summed E-state index contributed by atoms with van der Waals surface area (Å²) in [7, 11) is 0. The van der Waals surface area contributed by atoms with Crippen LogP contribution >= 0.6 is 0 Å². The van der Waals surface area contributed by atoms with Crippen LogP contribution < -0.4 is 11.1 Å². The fourth-order valence-corrected chi connectivity index (χ4v) is 3.70. The molecule has 0 radical (unpaired) electrons. The van der Waals surface area contributed by atoms with Gasteiger partial charge in [0.05, 0.1) is 0 Å². The highest BCUT2D eigenvalue weighted by Crippen LogP contribution is 2.44. The predicted octanol–water partition coefficient (Wildman–Crippen LogP) is 3.57. The average molecular weight is 353 g/mol. The molecule has 4 rings (SSSR count). The van der Waals surface area contributed by atoms with Gasteiger partial charge in [-0.2, -0.15) is 4.39 Å². The minimum Gasteiger partial charge on any atom is -0.349 e. The largest absolute Gasteiger partial charge is 0.349 e. The molecule has 0 spiro atoms. The Balaban J connectivity index is 1.64. The topological polar surface area (TPSA) is 68.0 Å². The molecule has 4 nitrogen and oxygen atoms in total. The van der Waals surface area contributed by atoms with E-state index in [1.54, 1.807) is 13.0 Å². The van der Waals surface area contributed by atoms with Gasteiger partial charge in [0.25, 0.3) is 5.91 Å². The molecule has 2 aliphatic carbocycles. The van der Waals surface area contributed by atoms with E-state index < -0.39 is 5.95 Å². The van der Waals surface area contributed by atoms with Crippen LogP contribution in [0.15, 0.2) is 30.3 Å². The number of nitrogens with zero attached hydrogens (tertiary/aromatic N) is 1. The number of nitrogens with two attached hydrogens (primary N) is 1. The molecule has 0 unspecified atom stereocenters. The summed E-state index contributed by atoms with van der Waals surface area (Å²) in [5.74, 6) is 0.744. The van der Waals surface area contributed by atoms with E-state index in [9.17, 15) is 9.18 Å². The zero-order valence-corrected chi connectivity index (χ0v) is 15.0. The van der Waals surface area contributed by atoms with E-state index in [-0.39, 0.29) is 5.91 Å². The molecular weight excluding hydrogens is 329 g/mol. The number of aromatic nitrogens is 1. The molecule has 2 saturated carbocycles. The molecule has 0 atom stereocenters. The van der Waals surface area contributed by atoms with Crippen molar-refractivity contribution in [1.82, 2.24) is 10.3 Å². The summed E-state index contributed by atoms with van der Waals surface area (Å²) >= 11 is 0. The van der Waals surface area contributed by atoms with Gasteiger partial charge in [0.1, 0.15) is 0 Å². The number of nitrogens with one attached hydrogen (secondary N) is 1. The van der Waals surface area contributed by atoms with Gasteiger partial charge in [0, 0.05) is 29.4 Å². The molecule has 26 heavy (non-hydrogen) atoms. The maximum atomic E-state index is 13.3. The Hall–Kier alpha value is -2.27. The van der Waals surface area contributed by atoms with Gasteiger partial charge >= 0.3 is 0 Å². The number of rotatable bonds is 6. The van der Waals surface area contributed by atoms with E-state index in [1.165, 1.54) is 31.7 Å². The lowest BCUT2D eigenvalue weighted by Gasteiger charge is -2.18. The zero-order chi connectivity index (χ0) is 18.3. The normalized spacial score (nSPS) is 16.8. The van der Waals surface area contributed by atoms with Crippen LogP contribution in [0.25, 0.3) is 11.1 Å². The molecule has 1 amide bonds. The number of aryl methyl sites for hydroxylation is 1. The highest BCUT2D eigenvalue weighted by atomic mass is 19.1. The second-order valence-electron chi connectivity index (χ2n) is 7.56. The van der Waals surface area contributed by atoms with E-state index in [0.29, 0.717) is 35.7 Å². The van der Waals surface area contributed by atoms with Gasteiger partial charge in [-0.05, 0) is 85.9 Å². The van der Waals surface area contributed by atoms with E-state index in [1.807, 2.05) is 18.2 Å². The Labute approximate surface area is 153 Å². The molecule has 3 N–H and O–H groups in total. The van der Waals surface area contributed by atoms with Gasteiger partial charge in [-0.3, -0.25) is 4.79 Å². The van der Waals surface area contributed by atoms with Gasteiger partial charge in [0.2, 0.25) is 5.95 Å². The first-order valence-electron chi connectivity index (χ1n) is 9.33. The molecule has 1 aromatic carbocycles. The highest BCUT2D eigenvalue weighted by molar-refractivity contribution is 5.96. The molecular formula is C21H24FN3O. The maximum Gasteiger partial charge on any atom is 0.251 e. The Morgan fingerprint density at radius 2 is 1.92 bits per heavy atom. The fraction of sp³-hybridized carbons (Fsp3) is 0.429. The maximum absolute atomic E-state index is 13.3. The summed E-state index contributed by atoms with van der Waals surface area (Å²) in [6, 6.07) is 8.99. The number of carbonyl (C=O) groups excluding carboxylic acids is 1. The number of pyridine rings is 1. The van der Waals surface area contributed by atoms with E-state index in [4.69, 9.17) is 5.73 Å². The molecule has 0 saturated heterocycles. The third-order valence-corrected chi connectivity index (χ3v) is 5.41. The fourth-order valence-electron chi connectivity index (χ4n) is 3.70. The lowest BCUT2D eigenvalue weighted by molar-refractivity contribution is 0.0926. The van der Waals surface area contributed by atoms with Crippen LogP contribution in [0.4, 0.5) is 4.39 Å². The number of amides is 1. The summed E-state index contributed by atoms with van der Waals surface area (Å²) in [4.78, 5) is 16.8. The standard InChI is InChI=1S/C21H24FN3O/c1-12-18(6-7-19(22)24-12)16-8-13(11-23)9-17(10-16)21(26)25-20(14-2-3-14)15-4-5-15/h6-10,14-15,20H,2-5,11,23H2,1H3,(H,25,26). The van der Waals surface area contributed by atoms with Crippen molar-refractivity contribution in [2.24, 2.45) is 17.6 Å². The van der Waals surface area contributed by atoms with Crippen molar-refractivity contribution in [3.63, 3.8) is 0 Å². The number of halogens is 1. The third-order valence-electron chi connectivity index (χ3n) is 5.41. The Morgan fingerprint density at radius 3 is 2.50 bits per heavy atom. The number of hydrogen-bond acceptors (Lipinski definition) is 3. The molecule has 2 aliphatic rings. The van der Waals surface area contributed by atoms with Crippen LogP contribution in [0, 0.1) is 24.7 Å². The number of benzene rings is 1. The number of carbonyl (C=O) groups is 1. The van der Waals surface area contributed by atoms with Crippen LogP contribution in [-0.2, 0) is 6.54 Å². The average Bonchev–Trinajstić information content (AvgIpc) is 3.52. The van der Waals surface area contributed by atoms with Gasteiger partial charge in [-0.1, -0.05) is 0 Å². The monoisotopic (exact) mass is 353 g/mol. The molecule has 0 aliphatic heterocycles. The minimum absolute atomic E-state index is 0.0435. The first kappa shape index (κ1) is 17.2. The van der Waals surface area contributed by atoms with Crippen LogP contribution in [0.2, 0.25) is 0 Å². The Kier molecular flexibility index (Phi) is 4.49. The van der Waals surface area contributed by atoms with Crippen molar-refractivity contribution >= 4 is 5.91 Å². The van der Waals surface area contributed by atoms with Crippen molar-refractivity contribution in [3.05, 3.63) is 53.1 Å². The van der Waals surface area contributed by atoms with Gasteiger partial charge in [0.15, 0.2) is 0 Å². The van der Waals surface area contributed by atoms with E-state index in [2.05, 4.69) is 10.3 Å². The van der Waals surface area contributed by atoms with Gasteiger partial charge < -0.3 is 11.1 Å². The molecule has 2 aromatic rings. The molecule has 2 fully saturated rings. The SMILES string of the molecule is Cc1nc(F)ccc1-c1cc(CN)cc(C(=O)NC(C2CC2)C2CC2)c1. The first-order chi connectivity index (χ1) is 12.5. The molecule has 0 bridgehead atoms. The second kappa shape index (κ2) is 6.80. The van der Waals surface area contributed by atoms with Crippen molar-refractivity contribution in [2.75, 3.05) is 0 Å². The van der Waals surface area contributed by atoms with Gasteiger partial charge in [-0.25, -0.2) is 4.98 Å². The van der Waals surface area contributed by atoms with Crippen molar-refractivity contribution in [1.29, 1.82) is 0 Å². The lowest BCUT2D eigenvalue weighted by Crippen LogP contribution is -2.38. The zero-order valence-electron chi connectivity index (χ0n) is 15.0. The summed E-state index contributed by atoms with van der Waals surface area (Å²) in [5.41, 5.74) is 9.59. The van der Waals surface area contributed by atoms with Crippen molar-refractivity contribution < 1.29 is 9.18 Å². The summed E-state index contributed by atoms with van der Waals surface area (Å²) in [6.07, 6.45) is 4.87.